The van der Waals surface area contributed by atoms with Crippen molar-refractivity contribution in [1.82, 2.24) is 4.90 Å². The number of carbonyl (C=O) groups is 1. The third-order valence-electron chi connectivity index (χ3n) is 3.81. The van der Waals surface area contributed by atoms with E-state index in [1.165, 1.54) is 6.08 Å². The van der Waals surface area contributed by atoms with Gasteiger partial charge in [0.05, 0.1) is 27.4 Å². The van der Waals surface area contributed by atoms with Crippen LogP contribution >= 0.6 is 0 Å². The van der Waals surface area contributed by atoms with Gasteiger partial charge in [0.1, 0.15) is 12.7 Å². The lowest BCUT2D eigenvalue weighted by molar-refractivity contribution is -0.141. The van der Waals surface area contributed by atoms with Crippen LogP contribution in [0.25, 0.3) is 6.08 Å². The minimum Gasteiger partial charge on any atom is -0.493 e. The van der Waals surface area contributed by atoms with Crippen LogP contribution in [0.15, 0.2) is 24.3 Å². The van der Waals surface area contributed by atoms with E-state index in [0.29, 0.717) is 31.3 Å². The first-order valence-electron chi connectivity index (χ1n) is 8.17. The van der Waals surface area contributed by atoms with Crippen molar-refractivity contribution in [2.24, 2.45) is 0 Å². The summed E-state index contributed by atoms with van der Waals surface area (Å²) in [6.45, 7) is 3.33. The fourth-order valence-electron chi connectivity index (χ4n) is 2.48. The Morgan fingerprint density at radius 3 is 2.68 bits per heavy atom. The van der Waals surface area contributed by atoms with E-state index in [1.54, 1.807) is 38.5 Å². The van der Waals surface area contributed by atoms with Crippen molar-refractivity contribution in [2.45, 2.75) is 6.10 Å². The molecule has 1 aliphatic rings. The molecule has 0 spiro atoms. The number of hydrogen-bond acceptors (Lipinski definition) is 7. The molecule has 0 radical (unpaired) electrons. The van der Waals surface area contributed by atoms with Crippen LogP contribution < -0.4 is 9.47 Å². The van der Waals surface area contributed by atoms with Crippen molar-refractivity contribution in [3.05, 3.63) is 29.8 Å². The quantitative estimate of drug-likeness (QED) is 0.552. The summed E-state index contributed by atoms with van der Waals surface area (Å²) in [4.78, 5) is 13.9. The lowest BCUT2D eigenvalue weighted by Gasteiger charge is -2.28. The van der Waals surface area contributed by atoms with Crippen LogP contribution in [0.2, 0.25) is 0 Å². The summed E-state index contributed by atoms with van der Waals surface area (Å²) in [5.74, 6) is 0.697. The molecule has 0 saturated carbocycles. The van der Waals surface area contributed by atoms with Gasteiger partial charge in [-0.15, -0.1) is 0 Å². The fourth-order valence-corrected chi connectivity index (χ4v) is 2.48. The Bertz CT molecular complexity index is 583. The van der Waals surface area contributed by atoms with Gasteiger partial charge in [-0.05, 0) is 23.8 Å². The van der Waals surface area contributed by atoms with Crippen LogP contribution in [-0.4, -0.2) is 75.8 Å². The predicted octanol–water partition coefficient (Wildman–Crippen LogP) is 0.953. The zero-order chi connectivity index (χ0) is 18.1. The van der Waals surface area contributed by atoms with Gasteiger partial charge in [0.15, 0.2) is 11.5 Å². The summed E-state index contributed by atoms with van der Waals surface area (Å²) in [6, 6.07) is 5.32. The topological polar surface area (TPSA) is 77.5 Å². The molecule has 1 atom stereocenters. The number of methoxy groups -OCH3 is 2. The molecule has 0 amide bonds. The van der Waals surface area contributed by atoms with E-state index in [0.717, 1.165) is 18.7 Å². The number of ether oxygens (including phenoxy) is 4. The summed E-state index contributed by atoms with van der Waals surface area (Å²) in [6.07, 6.45) is 2.23. The monoisotopic (exact) mass is 351 g/mol. The van der Waals surface area contributed by atoms with E-state index in [2.05, 4.69) is 4.90 Å². The average molecular weight is 351 g/mol. The normalized spacial score (nSPS) is 16.6. The van der Waals surface area contributed by atoms with E-state index in [9.17, 15) is 9.90 Å². The molecule has 1 saturated heterocycles. The molecule has 1 unspecified atom stereocenters. The smallest absolute Gasteiger partial charge is 0.330 e. The molecule has 1 fully saturated rings. The number of carbonyl (C=O) groups excluding carboxylic acids is 1. The van der Waals surface area contributed by atoms with E-state index in [4.69, 9.17) is 18.9 Å². The molecule has 0 aliphatic carbocycles. The van der Waals surface area contributed by atoms with E-state index in [-0.39, 0.29) is 6.61 Å². The number of esters is 1. The van der Waals surface area contributed by atoms with Gasteiger partial charge in [0.25, 0.3) is 0 Å². The lowest BCUT2D eigenvalue weighted by Crippen LogP contribution is -2.42. The van der Waals surface area contributed by atoms with Crippen molar-refractivity contribution in [3.63, 3.8) is 0 Å². The number of rotatable bonds is 8. The molecule has 0 aromatic heterocycles. The second kappa shape index (κ2) is 10.0. The Balaban J connectivity index is 1.78. The van der Waals surface area contributed by atoms with Gasteiger partial charge in [-0.1, -0.05) is 6.07 Å². The Morgan fingerprint density at radius 2 is 2.00 bits per heavy atom. The van der Waals surface area contributed by atoms with Gasteiger partial charge in [-0.3, -0.25) is 4.90 Å². The zero-order valence-electron chi connectivity index (χ0n) is 14.6. The summed E-state index contributed by atoms with van der Waals surface area (Å²) >= 11 is 0. The summed E-state index contributed by atoms with van der Waals surface area (Å²) in [5.41, 5.74) is 0.781. The van der Waals surface area contributed by atoms with Gasteiger partial charge >= 0.3 is 5.97 Å². The van der Waals surface area contributed by atoms with Crippen LogP contribution in [-0.2, 0) is 14.3 Å². The molecule has 1 aliphatic heterocycles. The van der Waals surface area contributed by atoms with Crippen molar-refractivity contribution in [2.75, 3.05) is 53.7 Å². The third-order valence-corrected chi connectivity index (χ3v) is 3.81. The van der Waals surface area contributed by atoms with E-state index < -0.39 is 12.1 Å². The largest absolute Gasteiger partial charge is 0.493 e. The van der Waals surface area contributed by atoms with Crippen molar-refractivity contribution >= 4 is 12.0 Å². The fraction of sp³-hybridized carbons (Fsp3) is 0.500. The van der Waals surface area contributed by atoms with E-state index >= 15 is 0 Å². The lowest BCUT2D eigenvalue weighted by atomic mass is 10.2. The first-order chi connectivity index (χ1) is 12.1. The Kier molecular flexibility index (Phi) is 7.72. The molecule has 7 heteroatoms. The highest BCUT2D eigenvalue weighted by Gasteiger charge is 2.15. The van der Waals surface area contributed by atoms with Crippen LogP contribution in [0.1, 0.15) is 5.56 Å². The third kappa shape index (κ3) is 6.38. The van der Waals surface area contributed by atoms with Crippen molar-refractivity contribution < 1.29 is 28.8 Å². The Morgan fingerprint density at radius 1 is 1.28 bits per heavy atom. The zero-order valence-corrected chi connectivity index (χ0v) is 14.6. The van der Waals surface area contributed by atoms with Crippen molar-refractivity contribution in [3.8, 4) is 11.5 Å². The Hall–Kier alpha value is -2.09. The summed E-state index contributed by atoms with van der Waals surface area (Å²) < 4.78 is 20.7. The van der Waals surface area contributed by atoms with Crippen LogP contribution in [0.4, 0.5) is 0 Å². The first-order valence-corrected chi connectivity index (χ1v) is 8.17. The molecule has 1 N–H and O–H groups in total. The maximum Gasteiger partial charge on any atom is 0.330 e. The molecule has 1 heterocycles. The number of aliphatic hydroxyl groups excluding tert-OH is 1. The minimum atomic E-state index is -0.712. The standard InChI is InChI=1S/C18H25NO6/c1-22-16-5-3-14(11-17(16)23-2)4-6-18(21)25-13-15(20)12-19-7-9-24-10-8-19/h3-6,11,15,20H,7-10,12-13H2,1-2H3. The molecule has 7 nitrogen and oxygen atoms in total. The molecular weight excluding hydrogens is 326 g/mol. The Labute approximate surface area is 147 Å². The molecule has 1 aromatic rings. The number of hydrogen-bond donors (Lipinski definition) is 1. The highest BCUT2D eigenvalue weighted by Crippen LogP contribution is 2.27. The number of β-amino-alcohol motifs (C(OH)–C–C–N with tert-alkyl or cyclic N) is 1. The van der Waals surface area contributed by atoms with Gasteiger partial charge in [0.2, 0.25) is 0 Å². The SMILES string of the molecule is COc1ccc(C=CC(=O)OCC(O)CN2CCOCC2)cc1OC. The molecular formula is C18H25NO6. The van der Waals surface area contributed by atoms with Crippen LogP contribution in [0, 0.1) is 0 Å². The number of aliphatic hydroxyl groups is 1. The molecule has 2 rings (SSSR count). The van der Waals surface area contributed by atoms with Crippen LogP contribution in [0.5, 0.6) is 11.5 Å². The summed E-state index contributed by atoms with van der Waals surface area (Å²) in [5, 5.41) is 9.95. The molecule has 1 aromatic carbocycles. The maximum atomic E-state index is 11.8. The molecule has 25 heavy (non-hydrogen) atoms. The van der Waals surface area contributed by atoms with Gasteiger partial charge in [-0.25, -0.2) is 4.79 Å². The van der Waals surface area contributed by atoms with E-state index in [1.807, 2.05) is 0 Å². The number of nitrogens with zero attached hydrogens (tertiary/aromatic N) is 1. The second-order valence-corrected chi connectivity index (χ2v) is 5.64. The number of morpholine rings is 1. The minimum absolute atomic E-state index is 0.0353. The van der Waals surface area contributed by atoms with Gasteiger partial charge < -0.3 is 24.1 Å². The van der Waals surface area contributed by atoms with Gasteiger partial charge in [-0.2, -0.15) is 0 Å². The molecule has 138 valence electrons. The maximum absolute atomic E-state index is 11.8. The first kappa shape index (κ1) is 19.2. The van der Waals surface area contributed by atoms with Crippen molar-refractivity contribution in [1.29, 1.82) is 0 Å². The van der Waals surface area contributed by atoms with Gasteiger partial charge in [0, 0.05) is 25.7 Å². The second-order valence-electron chi connectivity index (χ2n) is 5.64. The average Bonchev–Trinajstić information content (AvgIpc) is 2.65. The number of benzene rings is 1. The molecule has 0 bridgehead atoms. The predicted molar refractivity (Wildman–Crippen MR) is 92.8 cm³/mol. The highest BCUT2D eigenvalue weighted by molar-refractivity contribution is 5.87. The highest BCUT2D eigenvalue weighted by atomic mass is 16.5. The summed E-state index contributed by atoms with van der Waals surface area (Å²) in [7, 11) is 3.11. The van der Waals surface area contributed by atoms with Crippen LogP contribution in [0.3, 0.4) is 0 Å².